The second kappa shape index (κ2) is 11.5. The van der Waals surface area contributed by atoms with Crippen molar-refractivity contribution >= 4 is 27.6 Å². The summed E-state index contributed by atoms with van der Waals surface area (Å²) >= 11 is 0. The summed E-state index contributed by atoms with van der Waals surface area (Å²) in [5, 5.41) is 0.476. The molecule has 11 heteroatoms. The number of hydrogen-bond donors (Lipinski definition) is 1. The van der Waals surface area contributed by atoms with Crippen LogP contribution >= 0.6 is 0 Å². The fraction of sp³-hybridized carbons (Fsp3) is 0.296. The smallest absolute Gasteiger partial charge is 0.288 e. The number of aryl methyl sites for hydroxylation is 1. The molecule has 1 aliphatic heterocycles. The maximum atomic E-state index is 13.5. The fourth-order valence-electron chi connectivity index (χ4n) is 4.07. The van der Waals surface area contributed by atoms with Gasteiger partial charge in [0.2, 0.25) is 15.2 Å². The van der Waals surface area contributed by atoms with Gasteiger partial charge in [0.15, 0.2) is 5.76 Å². The van der Waals surface area contributed by atoms with Crippen molar-refractivity contribution in [3.63, 3.8) is 0 Å². The van der Waals surface area contributed by atoms with Crippen LogP contribution in [0.5, 0.6) is 5.75 Å². The van der Waals surface area contributed by atoms with Crippen molar-refractivity contribution in [2.45, 2.75) is 24.1 Å². The van der Waals surface area contributed by atoms with E-state index in [4.69, 9.17) is 9.15 Å². The van der Waals surface area contributed by atoms with E-state index in [1.54, 1.807) is 41.3 Å². The summed E-state index contributed by atoms with van der Waals surface area (Å²) < 4.78 is 37.5. The highest BCUT2D eigenvalue weighted by Crippen LogP contribution is 2.20. The minimum atomic E-state index is -4.29. The second-order valence-electron chi connectivity index (χ2n) is 8.76. The predicted molar refractivity (Wildman–Crippen MR) is 138 cm³/mol. The molecule has 3 aromatic rings. The lowest BCUT2D eigenvalue weighted by Crippen LogP contribution is -2.57. The first-order chi connectivity index (χ1) is 18.2. The highest BCUT2D eigenvalue weighted by atomic mass is 32.2. The first-order valence-corrected chi connectivity index (χ1v) is 13.7. The van der Waals surface area contributed by atoms with Gasteiger partial charge in [-0.1, -0.05) is 17.7 Å². The third-order valence-corrected chi connectivity index (χ3v) is 8.05. The number of rotatable bonds is 8. The summed E-state index contributed by atoms with van der Waals surface area (Å²) in [6.45, 7) is 4.84. The number of amides is 3. The standard InChI is InChI=1S/C27H29N3O7S/c1-3-36-21-10-8-20(9-11-21)26(32)29-14-16-30(17-15-29)27(33)25(28-24(31)23-5-4-18-37-23)38(34,35)22-12-6-19(2)7-13-22/h4-13,18,25H,3,14-17H2,1-2H3,(H,28,31). The van der Waals surface area contributed by atoms with Gasteiger partial charge in [0, 0.05) is 31.7 Å². The molecule has 1 fully saturated rings. The summed E-state index contributed by atoms with van der Waals surface area (Å²) in [6, 6.07) is 15.7. The zero-order valence-corrected chi connectivity index (χ0v) is 21.9. The van der Waals surface area contributed by atoms with Gasteiger partial charge in [-0.3, -0.25) is 14.4 Å². The molecule has 1 unspecified atom stereocenters. The van der Waals surface area contributed by atoms with Crippen molar-refractivity contribution in [1.29, 1.82) is 0 Å². The van der Waals surface area contributed by atoms with Gasteiger partial charge in [0.1, 0.15) is 5.75 Å². The van der Waals surface area contributed by atoms with Gasteiger partial charge >= 0.3 is 0 Å². The third kappa shape index (κ3) is 5.88. The average Bonchev–Trinajstić information content (AvgIpc) is 3.47. The van der Waals surface area contributed by atoms with Crippen molar-refractivity contribution in [3.8, 4) is 5.75 Å². The third-order valence-electron chi connectivity index (χ3n) is 6.18. The Morgan fingerprint density at radius 3 is 2.16 bits per heavy atom. The molecule has 2 heterocycles. The van der Waals surface area contributed by atoms with Crippen LogP contribution in [0.15, 0.2) is 76.2 Å². The summed E-state index contributed by atoms with van der Waals surface area (Å²) in [5.74, 6) is -1.26. The Morgan fingerprint density at radius 2 is 1.58 bits per heavy atom. The lowest BCUT2D eigenvalue weighted by atomic mass is 10.1. The van der Waals surface area contributed by atoms with Gasteiger partial charge in [-0.2, -0.15) is 0 Å². The molecule has 0 aliphatic carbocycles. The van der Waals surface area contributed by atoms with E-state index < -0.39 is 27.0 Å². The van der Waals surface area contributed by atoms with E-state index in [9.17, 15) is 22.8 Å². The Labute approximate surface area is 221 Å². The molecule has 0 bridgehead atoms. The zero-order chi connectivity index (χ0) is 27.3. The number of benzene rings is 2. The maximum Gasteiger partial charge on any atom is 0.288 e. The van der Waals surface area contributed by atoms with E-state index in [2.05, 4.69) is 5.32 Å². The van der Waals surface area contributed by atoms with Gasteiger partial charge in [-0.25, -0.2) is 8.42 Å². The van der Waals surface area contributed by atoms with Crippen LogP contribution in [0.2, 0.25) is 0 Å². The monoisotopic (exact) mass is 539 g/mol. The number of sulfone groups is 1. The van der Waals surface area contributed by atoms with Crippen LogP contribution in [-0.2, 0) is 14.6 Å². The van der Waals surface area contributed by atoms with Gasteiger partial charge in [0.25, 0.3) is 17.7 Å². The Morgan fingerprint density at radius 1 is 0.947 bits per heavy atom. The second-order valence-corrected chi connectivity index (χ2v) is 10.8. The molecule has 200 valence electrons. The van der Waals surface area contributed by atoms with Crippen molar-refractivity contribution in [2.24, 2.45) is 0 Å². The highest BCUT2D eigenvalue weighted by Gasteiger charge is 2.40. The van der Waals surface area contributed by atoms with E-state index in [-0.39, 0.29) is 42.7 Å². The summed E-state index contributed by atoms with van der Waals surface area (Å²) in [6.07, 6.45) is 1.28. The van der Waals surface area contributed by atoms with Gasteiger partial charge in [-0.15, -0.1) is 0 Å². The van der Waals surface area contributed by atoms with Crippen LogP contribution < -0.4 is 10.1 Å². The van der Waals surface area contributed by atoms with E-state index in [0.717, 1.165) is 5.56 Å². The number of nitrogens with one attached hydrogen (secondary N) is 1. The fourth-order valence-corrected chi connectivity index (χ4v) is 5.54. The number of carbonyl (C=O) groups excluding carboxylic acids is 3. The van der Waals surface area contributed by atoms with E-state index in [1.807, 2.05) is 13.8 Å². The number of hydrogen-bond acceptors (Lipinski definition) is 7. The molecule has 1 N–H and O–H groups in total. The van der Waals surface area contributed by atoms with Gasteiger partial charge in [-0.05, 0) is 62.4 Å². The van der Waals surface area contributed by atoms with E-state index in [0.29, 0.717) is 17.9 Å². The number of piperazine rings is 1. The molecule has 0 saturated carbocycles. The summed E-state index contributed by atoms with van der Waals surface area (Å²) in [7, 11) is -4.29. The van der Waals surface area contributed by atoms with Crippen LogP contribution in [-0.4, -0.2) is 74.1 Å². The van der Waals surface area contributed by atoms with Crippen molar-refractivity contribution < 1.29 is 32.0 Å². The Hall–Kier alpha value is -4.12. The van der Waals surface area contributed by atoms with Gasteiger partial charge < -0.3 is 24.3 Å². The summed E-state index contributed by atoms with van der Waals surface area (Å²) in [4.78, 5) is 42.0. The van der Waals surface area contributed by atoms with Crippen LogP contribution in [0.3, 0.4) is 0 Å². The van der Waals surface area contributed by atoms with Crippen molar-refractivity contribution in [1.82, 2.24) is 15.1 Å². The van der Waals surface area contributed by atoms with E-state index >= 15 is 0 Å². The summed E-state index contributed by atoms with van der Waals surface area (Å²) in [5.41, 5.74) is 1.33. The van der Waals surface area contributed by atoms with E-state index in [1.165, 1.54) is 35.4 Å². The zero-order valence-electron chi connectivity index (χ0n) is 21.1. The number of carbonyl (C=O) groups is 3. The molecule has 1 saturated heterocycles. The topological polar surface area (TPSA) is 126 Å². The quantitative estimate of drug-likeness (QED) is 0.466. The number of nitrogens with zero attached hydrogens (tertiary/aromatic N) is 2. The first-order valence-electron chi connectivity index (χ1n) is 12.2. The Kier molecular flexibility index (Phi) is 8.16. The molecular weight excluding hydrogens is 510 g/mol. The normalized spacial score (nSPS) is 14.6. The average molecular weight is 540 g/mol. The van der Waals surface area contributed by atoms with Crippen LogP contribution in [0, 0.1) is 6.92 Å². The largest absolute Gasteiger partial charge is 0.494 e. The number of ether oxygens (including phenoxy) is 1. The maximum absolute atomic E-state index is 13.5. The molecule has 10 nitrogen and oxygen atoms in total. The van der Waals surface area contributed by atoms with Crippen LogP contribution in [0.4, 0.5) is 0 Å². The molecule has 1 aliphatic rings. The van der Waals surface area contributed by atoms with Crippen molar-refractivity contribution in [2.75, 3.05) is 32.8 Å². The molecular formula is C27H29N3O7S. The predicted octanol–water partition coefficient (Wildman–Crippen LogP) is 2.50. The molecule has 0 radical (unpaired) electrons. The molecule has 2 aromatic carbocycles. The van der Waals surface area contributed by atoms with Gasteiger partial charge in [0.05, 0.1) is 17.8 Å². The van der Waals surface area contributed by atoms with Crippen molar-refractivity contribution in [3.05, 3.63) is 83.8 Å². The minimum Gasteiger partial charge on any atom is -0.494 e. The highest BCUT2D eigenvalue weighted by molar-refractivity contribution is 7.92. The lowest BCUT2D eigenvalue weighted by molar-refractivity contribution is -0.132. The number of furan rings is 1. The minimum absolute atomic E-state index is 0.0921. The van der Waals surface area contributed by atoms with Crippen LogP contribution in [0.25, 0.3) is 0 Å². The molecule has 0 spiro atoms. The molecule has 4 rings (SSSR count). The molecule has 1 aromatic heterocycles. The first kappa shape index (κ1) is 26.9. The van der Waals surface area contributed by atoms with Crippen LogP contribution in [0.1, 0.15) is 33.4 Å². The Bertz CT molecular complexity index is 1380. The SMILES string of the molecule is CCOc1ccc(C(=O)N2CCN(C(=O)C(NC(=O)c3ccco3)S(=O)(=O)c3ccc(C)cc3)CC2)cc1. The molecule has 38 heavy (non-hydrogen) atoms. The lowest BCUT2D eigenvalue weighted by Gasteiger charge is -2.36. The Balaban J connectivity index is 1.49. The molecule has 3 amide bonds. The molecule has 1 atom stereocenters.